The third kappa shape index (κ3) is 9.50. The lowest BCUT2D eigenvalue weighted by Gasteiger charge is -2.35. The van der Waals surface area contributed by atoms with Gasteiger partial charge in [-0.25, -0.2) is 8.42 Å². The molecule has 2 amide bonds. The summed E-state index contributed by atoms with van der Waals surface area (Å²) in [6.45, 7) is 7.07. The lowest BCUT2D eigenvalue weighted by atomic mass is 10.0. The van der Waals surface area contributed by atoms with E-state index in [4.69, 9.17) is 27.9 Å². The van der Waals surface area contributed by atoms with Crippen LogP contribution in [0.3, 0.4) is 0 Å². The van der Waals surface area contributed by atoms with Gasteiger partial charge >= 0.3 is 0 Å². The number of sulfonamides is 1. The van der Waals surface area contributed by atoms with E-state index >= 15 is 0 Å². The van der Waals surface area contributed by atoms with Crippen LogP contribution in [0.1, 0.15) is 38.8 Å². The molecule has 0 aromatic heterocycles. The summed E-state index contributed by atoms with van der Waals surface area (Å²) >= 11 is 13.2. The van der Waals surface area contributed by atoms with Crippen molar-refractivity contribution in [2.24, 2.45) is 0 Å². The average Bonchev–Trinajstić information content (AvgIpc) is 3.03. The number of halogens is 2. The lowest BCUT2D eigenvalue weighted by molar-refractivity contribution is -0.140. The molecule has 0 aliphatic carbocycles. The molecule has 1 atom stereocenters. The van der Waals surface area contributed by atoms with Crippen LogP contribution < -0.4 is 14.4 Å². The highest BCUT2D eigenvalue weighted by Gasteiger charge is 2.36. The highest BCUT2D eigenvalue weighted by Crippen LogP contribution is 2.29. The zero-order chi connectivity index (χ0) is 34.2. The third-order valence-electron chi connectivity index (χ3n) is 7.21. The van der Waals surface area contributed by atoms with Crippen molar-refractivity contribution in [3.8, 4) is 5.75 Å². The van der Waals surface area contributed by atoms with Gasteiger partial charge in [0.15, 0.2) is 0 Å². The van der Waals surface area contributed by atoms with Crippen molar-refractivity contribution in [2.75, 3.05) is 17.5 Å². The van der Waals surface area contributed by atoms with Crippen LogP contribution in [0, 0.1) is 0 Å². The maximum Gasteiger partial charge on any atom is 0.264 e. The molecule has 8 nitrogen and oxygen atoms in total. The first kappa shape index (κ1) is 35.8. The summed E-state index contributed by atoms with van der Waals surface area (Å²) in [5, 5.41) is 3.63. The molecule has 4 aromatic rings. The lowest BCUT2D eigenvalue weighted by Crippen LogP contribution is -2.56. The second-order valence-corrected chi connectivity index (χ2v) is 14.6. The van der Waals surface area contributed by atoms with Crippen molar-refractivity contribution >= 4 is 50.7 Å². The van der Waals surface area contributed by atoms with E-state index in [9.17, 15) is 18.0 Å². The Morgan fingerprint density at radius 1 is 0.830 bits per heavy atom. The zero-order valence-electron chi connectivity index (χ0n) is 26.8. The van der Waals surface area contributed by atoms with E-state index in [1.165, 1.54) is 17.0 Å². The predicted molar refractivity (Wildman–Crippen MR) is 187 cm³/mol. The monoisotopic (exact) mass is 695 g/mol. The van der Waals surface area contributed by atoms with Crippen LogP contribution in [-0.4, -0.2) is 49.9 Å². The SMILES string of the molecule is CCOc1ccc(S(=O)(=O)N(CC(=O)N(Cc2c(Cl)cccc2Cl)[C@@H](Cc2ccccc2)C(=O)NC(C)(C)C)c2ccccc2)cc1. The maximum absolute atomic E-state index is 14.6. The van der Waals surface area contributed by atoms with Gasteiger partial charge in [0.05, 0.1) is 17.2 Å². The summed E-state index contributed by atoms with van der Waals surface area (Å²) in [5.41, 5.74) is 0.915. The number of carbonyl (C=O) groups is 2. The van der Waals surface area contributed by atoms with Crippen LogP contribution in [0.15, 0.2) is 108 Å². The molecule has 4 rings (SSSR count). The van der Waals surface area contributed by atoms with Crippen molar-refractivity contribution in [1.29, 1.82) is 0 Å². The van der Waals surface area contributed by atoms with Crippen molar-refractivity contribution < 1.29 is 22.7 Å². The Bertz CT molecular complexity index is 1740. The molecule has 47 heavy (non-hydrogen) atoms. The Kier molecular flexibility index (Phi) is 12.0. The number of hydrogen-bond donors (Lipinski definition) is 1. The number of nitrogens with zero attached hydrogens (tertiary/aromatic N) is 2. The summed E-state index contributed by atoms with van der Waals surface area (Å²) in [7, 11) is -4.26. The Labute approximate surface area is 287 Å². The van der Waals surface area contributed by atoms with Gasteiger partial charge in [-0.15, -0.1) is 0 Å². The van der Waals surface area contributed by atoms with E-state index in [-0.39, 0.29) is 23.5 Å². The molecule has 0 spiro atoms. The average molecular weight is 697 g/mol. The van der Waals surface area contributed by atoms with Gasteiger partial charge in [0.25, 0.3) is 10.0 Å². The third-order valence-corrected chi connectivity index (χ3v) is 9.70. The number of carbonyl (C=O) groups excluding carboxylic acids is 2. The van der Waals surface area contributed by atoms with Crippen molar-refractivity contribution in [1.82, 2.24) is 10.2 Å². The Morgan fingerprint density at radius 2 is 1.40 bits per heavy atom. The Hall–Kier alpha value is -4.05. The van der Waals surface area contributed by atoms with E-state index in [2.05, 4.69) is 5.32 Å². The molecule has 0 fully saturated rings. The minimum atomic E-state index is -4.26. The molecule has 0 aliphatic heterocycles. The summed E-state index contributed by atoms with van der Waals surface area (Å²) in [6.07, 6.45) is 0.160. The van der Waals surface area contributed by atoms with Gasteiger partial charge in [-0.3, -0.25) is 13.9 Å². The number of anilines is 1. The highest BCUT2D eigenvalue weighted by atomic mass is 35.5. The quantitative estimate of drug-likeness (QED) is 0.160. The second-order valence-electron chi connectivity index (χ2n) is 11.9. The normalized spacial score (nSPS) is 12.2. The molecule has 0 saturated heterocycles. The molecule has 1 N–H and O–H groups in total. The van der Waals surface area contributed by atoms with E-state index < -0.39 is 40.0 Å². The van der Waals surface area contributed by atoms with E-state index in [1.807, 2.05) is 58.0 Å². The van der Waals surface area contributed by atoms with E-state index in [0.29, 0.717) is 28.0 Å². The Morgan fingerprint density at radius 3 is 1.96 bits per heavy atom. The fraction of sp³-hybridized carbons (Fsp3) is 0.278. The fourth-order valence-electron chi connectivity index (χ4n) is 4.99. The topological polar surface area (TPSA) is 96.0 Å². The van der Waals surface area contributed by atoms with Gasteiger partial charge in [-0.1, -0.05) is 77.8 Å². The van der Waals surface area contributed by atoms with Crippen LogP contribution >= 0.6 is 23.2 Å². The molecule has 0 unspecified atom stereocenters. The summed E-state index contributed by atoms with van der Waals surface area (Å²) < 4.78 is 34.9. The smallest absolute Gasteiger partial charge is 0.264 e. The van der Waals surface area contributed by atoms with E-state index in [1.54, 1.807) is 60.7 Å². The minimum absolute atomic E-state index is 0.0235. The van der Waals surface area contributed by atoms with Gasteiger partial charge in [0, 0.05) is 34.1 Å². The fourth-order valence-corrected chi connectivity index (χ4v) is 6.92. The van der Waals surface area contributed by atoms with Crippen LogP contribution in [0.2, 0.25) is 10.0 Å². The van der Waals surface area contributed by atoms with Gasteiger partial charge in [0.1, 0.15) is 18.3 Å². The van der Waals surface area contributed by atoms with Crippen LogP contribution in [0.25, 0.3) is 0 Å². The maximum atomic E-state index is 14.6. The summed E-state index contributed by atoms with van der Waals surface area (Å²) in [4.78, 5) is 30.0. The van der Waals surface area contributed by atoms with Crippen molar-refractivity contribution in [3.05, 3.63) is 124 Å². The number of benzene rings is 4. The second kappa shape index (κ2) is 15.7. The molecule has 0 aliphatic rings. The highest BCUT2D eigenvalue weighted by molar-refractivity contribution is 7.92. The van der Waals surface area contributed by atoms with Crippen LogP contribution in [0.4, 0.5) is 5.69 Å². The first-order valence-electron chi connectivity index (χ1n) is 15.2. The number of ether oxygens (including phenoxy) is 1. The molecule has 4 aromatic carbocycles. The molecule has 248 valence electrons. The first-order chi connectivity index (χ1) is 22.3. The van der Waals surface area contributed by atoms with Crippen LogP contribution in [-0.2, 0) is 32.6 Å². The summed E-state index contributed by atoms with van der Waals surface area (Å²) in [6, 6.07) is 27.7. The molecular weight excluding hydrogens is 657 g/mol. The molecule has 11 heteroatoms. The zero-order valence-corrected chi connectivity index (χ0v) is 29.1. The van der Waals surface area contributed by atoms with Gasteiger partial charge in [-0.05, 0) is 81.8 Å². The molecule has 0 saturated carbocycles. The minimum Gasteiger partial charge on any atom is -0.494 e. The van der Waals surface area contributed by atoms with Crippen molar-refractivity contribution in [3.63, 3.8) is 0 Å². The van der Waals surface area contributed by atoms with Gasteiger partial charge in [-0.2, -0.15) is 0 Å². The molecule has 0 radical (unpaired) electrons. The predicted octanol–water partition coefficient (Wildman–Crippen LogP) is 7.14. The number of para-hydroxylation sites is 1. The van der Waals surface area contributed by atoms with Gasteiger partial charge in [0.2, 0.25) is 11.8 Å². The number of rotatable bonds is 13. The van der Waals surface area contributed by atoms with Crippen molar-refractivity contribution in [2.45, 2.75) is 57.1 Å². The molecule has 0 heterocycles. The first-order valence-corrected chi connectivity index (χ1v) is 17.4. The number of amides is 2. The van der Waals surface area contributed by atoms with E-state index in [0.717, 1.165) is 9.87 Å². The summed E-state index contributed by atoms with van der Waals surface area (Å²) in [5.74, 6) is -0.506. The number of hydrogen-bond acceptors (Lipinski definition) is 5. The standard InChI is InChI=1S/C36H39Cl2N3O5S/c1-5-46-28-19-21-29(22-20-28)47(44,45)41(27-15-10-7-11-16-27)25-34(42)40(24-30-31(37)17-12-18-32(30)38)33(35(43)39-36(2,3)4)23-26-13-8-6-9-14-26/h6-22,33H,5,23-25H2,1-4H3,(H,39,43)/t33-/m0/s1. The van der Waals surface area contributed by atoms with Gasteiger partial charge < -0.3 is 15.0 Å². The number of nitrogens with one attached hydrogen (secondary N) is 1. The van der Waals surface area contributed by atoms with Crippen LogP contribution in [0.5, 0.6) is 5.75 Å². The molecule has 0 bridgehead atoms. The Balaban J connectivity index is 1.82. The largest absolute Gasteiger partial charge is 0.494 e. The molecular formula is C36H39Cl2N3O5S.